The number of fused-ring (bicyclic) bond motifs is 1. The monoisotopic (exact) mass is 350 g/mol. The van der Waals surface area contributed by atoms with Crippen LogP contribution >= 0.6 is 0 Å². The van der Waals surface area contributed by atoms with Crippen molar-refractivity contribution in [3.63, 3.8) is 0 Å². The summed E-state index contributed by atoms with van der Waals surface area (Å²) in [7, 11) is 1.29. The lowest BCUT2D eigenvalue weighted by Gasteiger charge is -2.13. The van der Waals surface area contributed by atoms with E-state index in [1.54, 1.807) is 18.2 Å². The zero-order valence-electron chi connectivity index (χ0n) is 14.3. The van der Waals surface area contributed by atoms with Crippen LogP contribution in [-0.4, -0.2) is 24.2 Å². The van der Waals surface area contributed by atoms with Crippen LogP contribution in [0.15, 0.2) is 60.7 Å². The van der Waals surface area contributed by atoms with E-state index in [4.69, 9.17) is 9.47 Å². The Morgan fingerprint density at radius 2 is 1.73 bits per heavy atom. The standard InChI is InChI=1S/C21H18O5/c1-25-21(24)16-10-15(12-20(22)23)17-8-5-9-19(18(17)11-16)26-13-14-6-3-2-4-7-14/h2-11H,12-13H2,1H3,(H,22,23). The van der Waals surface area contributed by atoms with E-state index >= 15 is 0 Å². The number of carboxylic acids is 1. The third-order valence-electron chi connectivity index (χ3n) is 4.04. The molecule has 3 aromatic carbocycles. The molecule has 5 nitrogen and oxygen atoms in total. The molecule has 0 spiro atoms. The molecule has 3 aromatic rings. The Labute approximate surface area is 150 Å². The van der Waals surface area contributed by atoms with Crippen molar-refractivity contribution in [2.45, 2.75) is 13.0 Å². The van der Waals surface area contributed by atoms with E-state index < -0.39 is 11.9 Å². The molecule has 1 N–H and O–H groups in total. The Balaban J connectivity index is 2.05. The number of hydrogen-bond acceptors (Lipinski definition) is 4. The summed E-state index contributed by atoms with van der Waals surface area (Å²) in [4.78, 5) is 23.2. The zero-order chi connectivity index (χ0) is 18.5. The molecule has 0 aliphatic rings. The first kappa shape index (κ1) is 17.5. The Morgan fingerprint density at radius 3 is 2.42 bits per heavy atom. The molecule has 0 saturated carbocycles. The smallest absolute Gasteiger partial charge is 0.337 e. The molecule has 5 heteroatoms. The van der Waals surface area contributed by atoms with Gasteiger partial charge in [0.25, 0.3) is 0 Å². The van der Waals surface area contributed by atoms with Gasteiger partial charge in [-0.3, -0.25) is 4.79 Å². The SMILES string of the molecule is COC(=O)c1cc(CC(=O)O)c2cccc(OCc3ccccc3)c2c1. The Bertz CT molecular complexity index is 947. The number of ether oxygens (including phenoxy) is 2. The maximum atomic E-state index is 12.0. The van der Waals surface area contributed by atoms with Crippen LogP contribution in [0.4, 0.5) is 0 Å². The second kappa shape index (κ2) is 7.70. The van der Waals surface area contributed by atoms with Crippen molar-refractivity contribution in [2.75, 3.05) is 7.11 Å². The van der Waals surface area contributed by atoms with E-state index in [1.165, 1.54) is 7.11 Å². The lowest BCUT2D eigenvalue weighted by atomic mass is 9.98. The summed E-state index contributed by atoms with van der Waals surface area (Å²) < 4.78 is 10.7. The molecule has 26 heavy (non-hydrogen) atoms. The van der Waals surface area contributed by atoms with Gasteiger partial charge in [0.05, 0.1) is 19.1 Å². The van der Waals surface area contributed by atoms with Crippen molar-refractivity contribution in [3.05, 3.63) is 77.4 Å². The predicted molar refractivity (Wildman–Crippen MR) is 97.4 cm³/mol. The maximum Gasteiger partial charge on any atom is 0.337 e. The molecular weight excluding hydrogens is 332 g/mol. The molecule has 0 aliphatic heterocycles. The number of methoxy groups -OCH3 is 1. The highest BCUT2D eigenvalue weighted by Gasteiger charge is 2.15. The van der Waals surface area contributed by atoms with Gasteiger partial charge in [0.1, 0.15) is 12.4 Å². The van der Waals surface area contributed by atoms with Crippen LogP contribution in [0.3, 0.4) is 0 Å². The third-order valence-corrected chi connectivity index (χ3v) is 4.04. The number of aliphatic carboxylic acids is 1. The summed E-state index contributed by atoms with van der Waals surface area (Å²) in [6.07, 6.45) is -0.191. The molecule has 0 unspecified atom stereocenters. The summed E-state index contributed by atoms with van der Waals surface area (Å²) in [5.41, 5.74) is 1.85. The van der Waals surface area contributed by atoms with E-state index in [9.17, 15) is 14.7 Å². The first-order valence-electron chi connectivity index (χ1n) is 8.11. The number of rotatable bonds is 6. The number of carboxylic acid groups (broad SMARTS) is 1. The van der Waals surface area contributed by atoms with Gasteiger partial charge in [-0.2, -0.15) is 0 Å². The van der Waals surface area contributed by atoms with Crippen molar-refractivity contribution in [1.82, 2.24) is 0 Å². The lowest BCUT2D eigenvalue weighted by molar-refractivity contribution is -0.136. The summed E-state index contributed by atoms with van der Waals surface area (Å²) in [5.74, 6) is -0.899. The average Bonchev–Trinajstić information content (AvgIpc) is 2.66. The van der Waals surface area contributed by atoms with Gasteiger partial charge >= 0.3 is 11.9 Å². The fraction of sp³-hybridized carbons (Fsp3) is 0.143. The summed E-state index contributed by atoms with van der Waals surface area (Å²) in [5, 5.41) is 10.6. The minimum atomic E-state index is -0.969. The Morgan fingerprint density at radius 1 is 0.962 bits per heavy atom. The predicted octanol–water partition coefficient (Wildman–Crippen LogP) is 3.83. The molecule has 0 saturated heterocycles. The highest BCUT2D eigenvalue weighted by Crippen LogP contribution is 2.31. The van der Waals surface area contributed by atoms with E-state index in [0.29, 0.717) is 28.9 Å². The minimum Gasteiger partial charge on any atom is -0.488 e. The number of carbonyl (C=O) groups excluding carboxylic acids is 1. The van der Waals surface area contributed by atoms with Crippen LogP contribution in [-0.2, 0) is 22.6 Å². The van der Waals surface area contributed by atoms with Crippen LogP contribution in [0.1, 0.15) is 21.5 Å². The van der Waals surface area contributed by atoms with Gasteiger partial charge in [0, 0.05) is 5.39 Å². The van der Waals surface area contributed by atoms with Crippen molar-refractivity contribution in [3.8, 4) is 5.75 Å². The van der Waals surface area contributed by atoms with Crippen LogP contribution in [0, 0.1) is 0 Å². The van der Waals surface area contributed by atoms with Crippen LogP contribution < -0.4 is 4.74 Å². The Kier molecular flexibility index (Phi) is 5.17. The maximum absolute atomic E-state index is 12.0. The van der Waals surface area contributed by atoms with E-state index in [0.717, 1.165) is 10.9 Å². The molecule has 3 rings (SSSR count). The van der Waals surface area contributed by atoms with E-state index in [-0.39, 0.29) is 6.42 Å². The molecule has 132 valence electrons. The second-order valence-electron chi connectivity index (χ2n) is 5.82. The lowest BCUT2D eigenvalue weighted by Crippen LogP contribution is -2.06. The van der Waals surface area contributed by atoms with E-state index in [1.807, 2.05) is 42.5 Å². The number of benzene rings is 3. The highest BCUT2D eigenvalue weighted by molar-refractivity contribution is 6.00. The van der Waals surface area contributed by atoms with Crippen molar-refractivity contribution in [2.24, 2.45) is 0 Å². The van der Waals surface area contributed by atoms with Crippen molar-refractivity contribution in [1.29, 1.82) is 0 Å². The second-order valence-corrected chi connectivity index (χ2v) is 5.82. The molecule has 0 amide bonds. The van der Waals surface area contributed by atoms with Crippen molar-refractivity contribution >= 4 is 22.7 Å². The summed E-state index contributed by atoms with van der Waals surface area (Å²) in [6, 6.07) is 18.4. The Hall–Kier alpha value is -3.34. The molecule has 0 radical (unpaired) electrons. The largest absolute Gasteiger partial charge is 0.488 e. The number of esters is 1. The van der Waals surface area contributed by atoms with Crippen LogP contribution in [0.2, 0.25) is 0 Å². The van der Waals surface area contributed by atoms with Crippen molar-refractivity contribution < 1.29 is 24.2 Å². The normalized spacial score (nSPS) is 10.5. The quantitative estimate of drug-likeness (QED) is 0.684. The van der Waals surface area contributed by atoms with Gasteiger partial charge in [-0.1, -0.05) is 42.5 Å². The van der Waals surface area contributed by atoms with Crippen LogP contribution in [0.25, 0.3) is 10.8 Å². The van der Waals surface area contributed by atoms with Gasteiger partial charge in [-0.05, 0) is 34.7 Å². The van der Waals surface area contributed by atoms with Crippen LogP contribution in [0.5, 0.6) is 5.75 Å². The number of hydrogen-bond donors (Lipinski definition) is 1. The topological polar surface area (TPSA) is 72.8 Å². The minimum absolute atomic E-state index is 0.191. The van der Waals surface area contributed by atoms with Gasteiger partial charge in [0.15, 0.2) is 0 Å². The molecule has 0 heterocycles. The fourth-order valence-corrected chi connectivity index (χ4v) is 2.84. The summed E-state index contributed by atoms with van der Waals surface area (Å²) in [6.45, 7) is 0.372. The first-order chi connectivity index (χ1) is 12.6. The first-order valence-corrected chi connectivity index (χ1v) is 8.11. The molecule has 0 fully saturated rings. The third kappa shape index (κ3) is 3.83. The van der Waals surface area contributed by atoms with Gasteiger partial charge in [-0.25, -0.2) is 4.79 Å². The van der Waals surface area contributed by atoms with Gasteiger partial charge in [-0.15, -0.1) is 0 Å². The average molecular weight is 350 g/mol. The van der Waals surface area contributed by atoms with E-state index in [2.05, 4.69) is 0 Å². The zero-order valence-corrected chi connectivity index (χ0v) is 14.3. The van der Waals surface area contributed by atoms with Gasteiger partial charge in [0.2, 0.25) is 0 Å². The molecule has 0 aromatic heterocycles. The molecule has 0 bridgehead atoms. The molecule has 0 atom stereocenters. The molecular formula is C21H18O5. The van der Waals surface area contributed by atoms with Gasteiger partial charge < -0.3 is 14.6 Å². The number of carbonyl (C=O) groups is 2. The summed E-state index contributed by atoms with van der Waals surface area (Å²) >= 11 is 0. The highest BCUT2D eigenvalue weighted by atomic mass is 16.5. The fourth-order valence-electron chi connectivity index (χ4n) is 2.84. The molecule has 0 aliphatic carbocycles.